The maximum Gasteiger partial charge on any atom is 0.410 e. The summed E-state index contributed by atoms with van der Waals surface area (Å²) < 4.78 is 5.56. The number of piperidine rings is 2. The minimum atomic E-state index is -0.504. The van der Waals surface area contributed by atoms with Crippen LogP contribution in [0.25, 0.3) is 0 Å². The molecule has 1 aromatic rings. The van der Waals surface area contributed by atoms with Crippen LogP contribution in [-0.4, -0.2) is 78.8 Å². The molecule has 37 heavy (non-hydrogen) atoms. The number of aryl methyl sites for hydroxylation is 1. The first-order chi connectivity index (χ1) is 17.6. The molecule has 0 radical (unpaired) electrons. The summed E-state index contributed by atoms with van der Waals surface area (Å²) in [6.07, 6.45) is 6.96. The number of rotatable bonds is 3. The molecule has 4 aliphatic rings. The fraction of sp³-hybridized carbons (Fsp3) is 0.733. The standard InChI is InChI=1S/C30H46N4O3/c1-22-20-24(32-17-11-25(21-32)33-15-6-8-23(33)2)9-10-26(22)34-16-7-12-30(27(34)35)13-18-31(19-14-30)28(36)37-29(3,4)5/h9-10,20,23,25H,6-8,11-19,21H2,1-5H3. The second-order valence-electron chi connectivity index (χ2n) is 12.9. The average Bonchev–Trinajstić information content (AvgIpc) is 3.49. The first-order valence-electron chi connectivity index (χ1n) is 14.5. The Bertz CT molecular complexity index is 1010. The minimum Gasteiger partial charge on any atom is -0.444 e. The van der Waals surface area contributed by atoms with Gasteiger partial charge in [0, 0.05) is 56.2 Å². The summed E-state index contributed by atoms with van der Waals surface area (Å²) in [5.74, 6) is 0.239. The van der Waals surface area contributed by atoms with Crippen LogP contribution in [0.3, 0.4) is 0 Å². The van der Waals surface area contributed by atoms with E-state index in [0.29, 0.717) is 38.0 Å². The Balaban J connectivity index is 1.24. The van der Waals surface area contributed by atoms with Crippen LogP contribution in [0.5, 0.6) is 0 Å². The summed E-state index contributed by atoms with van der Waals surface area (Å²) >= 11 is 0. The zero-order valence-corrected chi connectivity index (χ0v) is 23.6. The lowest BCUT2D eigenvalue weighted by molar-refractivity contribution is -0.133. The van der Waals surface area contributed by atoms with Crippen LogP contribution in [-0.2, 0) is 9.53 Å². The van der Waals surface area contributed by atoms with Crippen molar-refractivity contribution in [1.29, 1.82) is 0 Å². The lowest BCUT2D eigenvalue weighted by Crippen LogP contribution is -2.55. The molecule has 4 saturated heterocycles. The Kier molecular flexibility index (Phi) is 7.20. The normalized spacial score (nSPS) is 26.8. The van der Waals surface area contributed by atoms with Crippen molar-refractivity contribution in [3.63, 3.8) is 0 Å². The molecule has 0 aromatic heterocycles. The summed E-state index contributed by atoms with van der Waals surface area (Å²) in [4.78, 5) is 35.5. The highest BCUT2D eigenvalue weighted by atomic mass is 16.6. The number of anilines is 2. The van der Waals surface area contributed by atoms with Crippen molar-refractivity contribution in [3.8, 4) is 0 Å². The summed E-state index contributed by atoms with van der Waals surface area (Å²) in [6.45, 7) is 15.6. The molecular formula is C30H46N4O3. The smallest absolute Gasteiger partial charge is 0.410 e. The fourth-order valence-electron chi connectivity index (χ4n) is 7.09. The third-order valence-corrected chi connectivity index (χ3v) is 9.18. The number of benzene rings is 1. The molecule has 4 fully saturated rings. The number of hydrogen-bond donors (Lipinski definition) is 0. The predicted octanol–water partition coefficient (Wildman–Crippen LogP) is 5.20. The Morgan fingerprint density at radius 3 is 2.41 bits per heavy atom. The fourth-order valence-corrected chi connectivity index (χ4v) is 7.09. The summed E-state index contributed by atoms with van der Waals surface area (Å²) in [6, 6.07) is 8.04. The van der Waals surface area contributed by atoms with E-state index in [9.17, 15) is 9.59 Å². The van der Waals surface area contributed by atoms with E-state index in [2.05, 4.69) is 41.8 Å². The number of hydrogen-bond acceptors (Lipinski definition) is 5. The van der Waals surface area contributed by atoms with Crippen LogP contribution in [0.2, 0.25) is 0 Å². The zero-order valence-electron chi connectivity index (χ0n) is 23.6. The van der Waals surface area contributed by atoms with Gasteiger partial charge < -0.3 is 19.4 Å². The van der Waals surface area contributed by atoms with Gasteiger partial charge in [-0.15, -0.1) is 0 Å². The van der Waals surface area contributed by atoms with Crippen molar-refractivity contribution in [2.24, 2.45) is 5.41 Å². The molecule has 2 amide bonds. The van der Waals surface area contributed by atoms with Crippen molar-refractivity contribution in [2.45, 2.75) is 97.2 Å². The third kappa shape index (κ3) is 5.34. The molecule has 4 aliphatic heterocycles. The lowest BCUT2D eigenvalue weighted by Gasteiger charge is -2.46. The number of ether oxygens (including phenoxy) is 1. The van der Waals surface area contributed by atoms with Gasteiger partial charge in [0.25, 0.3) is 0 Å². The van der Waals surface area contributed by atoms with Crippen LogP contribution >= 0.6 is 0 Å². The summed E-state index contributed by atoms with van der Waals surface area (Å²) in [7, 11) is 0. The molecule has 4 heterocycles. The molecule has 5 rings (SSSR count). The topological polar surface area (TPSA) is 56.3 Å². The van der Waals surface area contributed by atoms with E-state index in [1.165, 1.54) is 37.1 Å². The molecule has 0 saturated carbocycles. The molecule has 7 heteroatoms. The van der Waals surface area contributed by atoms with Crippen LogP contribution in [0.1, 0.15) is 78.2 Å². The van der Waals surface area contributed by atoms with E-state index in [0.717, 1.165) is 38.2 Å². The molecule has 1 aromatic carbocycles. The molecule has 0 N–H and O–H groups in total. The maximum absolute atomic E-state index is 13.9. The number of nitrogens with zero attached hydrogens (tertiary/aromatic N) is 4. The highest BCUT2D eigenvalue weighted by Gasteiger charge is 2.47. The predicted molar refractivity (Wildman–Crippen MR) is 148 cm³/mol. The Morgan fingerprint density at radius 1 is 1.00 bits per heavy atom. The van der Waals surface area contributed by atoms with Crippen LogP contribution < -0.4 is 9.80 Å². The van der Waals surface area contributed by atoms with Crippen molar-refractivity contribution in [2.75, 3.05) is 49.1 Å². The third-order valence-electron chi connectivity index (χ3n) is 9.18. The van der Waals surface area contributed by atoms with Gasteiger partial charge in [-0.25, -0.2) is 4.79 Å². The second kappa shape index (κ2) is 10.1. The molecule has 7 nitrogen and oxygen atoms in total. The van der Waals surface area contributed by atoms with E-state index in [4.69, 9.17) is 4.74 Å². The maximum atomic E-state index is 13.9. The number of carbonyl (C=O) groups is 2. The van der Waals surface area contributed by atoms with E-state index in [-0.39, 0.29) is 17.4 Å². The van der Waals surface area contributed by atoms with Crippen molar-refractivity contribution >= 4 is 23.4 Å². The van der Waals surface area contributed by atoms with Crippen molar-refractivity contribution < 1.29 is 14.3 Å². The highest BCUT2D eigenvalue weighted by Crippen LogP contribution is 2.43. The molecule has 0 aliphatic carbocycles. The van der Waals surface area contributed by atoms with Gasteiger partial charge in [-0.1, -0.05) is 0 Å². The largest absolute Gasteiger partial charge is 0.444 e. The zero-order chi connectivity index (χ0) is 26.4. The first kappa shape index (κ1) is 26.3. The summed E-state index contributed by atoms with van der Waals surface area (Å²) in [5, 5.41) is 0. The first-order valence-corrected chi connectivity index (χ1v) is 14.5. The van der Waals surface area contributed by atoms with E-state index >= 15 is 0 Å². The van der Waals surface area contributed by atoms with E-state index < -0.39 is 5.60 Å². The average molecular weight is 511 g/mol. The SMILES string of the molecule is Cc1cc(N2CCC(N3CCCC3C)C2)ccc1N1CCCC2(CCN(C(=O)OC(C)(C)C)CC2)C1=O. The number of carbonyl (C=O) groups excluding carboxylic acids is 2. The number of likely N-dealkylation sites (tertiary alicyclic amines) is 2. The van der Waals surface area contributed by atoms with Gasteiger partial charge in [-0.3, -0.25) is 9.69 Å². The number of amides is 2. The Hall–Kier alpha value is -2.28. The van der Waals surface area contributed by atoms with Gasteiger partial charge in [-0.05, 0) is 110 Å². The molecule has 2 unspecified atom stereocenters. The highest BCUT2D eigenvalue weighted by molar-refractivity contribution is 5.99. The molecule has 204 valence electrons. The van der Waals surface area contributed by atoms with Crippen molar-refractivity contribution in [1.82, 2.24) is 9.80 Å². The monoisotopic (exact) mass is 510 g/mol. The Morgan fingerprint density at radius 2 is 1.76 bits per heavy atom. The van der Waals surface area contributed by atoms with Gasteiger partial charge in [0.05, 0.1) is 5.41 Å². The van der Waals surface area contributed by atoms with Crippen molar-refractivity contribution in [3.05, 3.63) is 23.8 Å². The van der Waals surface area contributed by atoms with Crippen LogP contribution in [0.4, 0.5) is 16.2 Å². The molecule has 0 bridgehead atoms. The molecular weight excluding hydrogens is 464 g/mol. The lowest BCUT2D eigenvalue weighted by atomic mass is 9.71. The second-order valence-corrected chi connectivity index (χ2v) is 12.9. The van der Waals surface area contributed by atoms with Gasteiger partial charge in [-0.2, -0.15) is 0 Å². The Labute approximate surface area is 223 Å². The summed E-state index contributed by atoms with van der Waals surface area (Å²) in [5.41, 5.74) is 2.63. The quantitative estimate of drug-likeness (QED) is 0.559. The van der Waals surface area contributed by atoms with Gasteiger partial charge in [0.15, 0.2) is 0 Å². The van der Waals surface area contributed by atoms with Gasteiger partial charge >= 0.3 is 6.09 Å². The van der Waals surface area contributed by atoms with E-state index in [1.807, 2.05) is 25.7 Å². The van der Waals surface area contributed by atoms with Crippen LogP contribution in [0, 0.1) is 12.3 Å². The van der Waals surface area contributed by atoms with E-state index in [1.54, 1.807) is 4.90 Å². The molecule has 1 spiro atoms. The minimum absolute atomic E-state index is 0.239. The van der Waals surface area contributed by atoms with Crippen LogP contribution in [0.15, 0.2) is 18.2 Å². The van der Waals surface area contributed by atoms with Gasteiger partial charge in [0.1, 0.15) is 5.60 Å². The van der Waals surface area contributed by atoms with Gasteiger partial charge in [0.2, 0.25) is 5.91 Å². The molecule has 2 atom stereocenters.